The summed E-state index contributed by atoms with van der Waals surface area (Å²) in [6.45, 7) is 9.82. The van der Waals surface area contributed by atoms with Crippen LogP contribution in [0.1, 0.15) is 94.1 Å². The van der Waals surface area contributed by atoms with Crippen molar-refractivity contribution in [2.24, 2.45) is 17.3 Å². The fourth-order valence-electron chi connectivity index (χ4n) is 9.32. The Kier molecular flexibility index (Phi) is 13.1. The summed E-state index contributed by atoms with van der Waals surface area (Å²) in [7, 11) is 0. The van der Waals surface area contributed by atoms with Gasteiger partial charge in [-0.2, -0.15) is 5.26 Å². The van der Waals surface area contributed by atoms with E-state index < -0.39 is 65.6 Å². The lowest BCUT2D eigenvalue weighted by Gasteiger charge is -2.35. The van der Waals surface area contributed by atoms with E-state index in [4.69, 9.17) is 0 Å². The lowest BCUT2D eigenvalue weighted by Crippen LogP contribution is -2.58. The van der Waals surface area contributed by atoms with Gasteiger partial charge in [0, 0.05) is 45.2 Å². The van der Waals surface area contributed by atoms with E-state index in [-0.39, 0.29) is 43.8 Å². The maximum atomic E-state index is 14.3. The Morgan fingerprint density at radius 1 is 0.955 bits per heavy atom. The molecule has 1 aromatic carbocycles. The Morgan fingerprint density at radius 2 is 1.70 bits per heavy atom. The van der Waals surface area contributed by atoms with Gasteiger partial charge in [-0.3, -0.25) is 19.2 Å². The Balaban J connectivity index is 0.875. The van der Waals surface area contributed by atoms with Crippen molar-refractivity contribution in [3.63, 3.8) is 0 Å². The van der Waals surface area contributed by atoms with Crippen LogP contribution in [-0.2, 0) is 19.2 Å². The molecule has 0 unspecified atom stereocenters. The highest BCUT2D eigenvalue weighted by atomic mass is 32.1. The highest BCUT2D eigenvalue weighted by Crippen LogP contribution is 2.43. The van der Waals surface area contributed by atoms with Crippen molar-refractivity contribution >= 4 is 52.4 Å². The lowest BCUT2D eigenvalue weighted by atomic mass is 9.85. The molecule has 18 heteroatoms. The second-order valence-electron chi connectivity index (χ2n) is 19.2. The van der Waals surface area contributed by atoms with Crippen molar-refractivity contribution in [1.82, 2.24) is 35.4 Å². The Bertz CT molecular complexity index is 2520. The first-order chi connectivity index (χ1) is 31.4. The van der Waals surface area contributed by atoms with Gasteiger partial charge < -0.3 is 35.8 Å². The number of alkyl halides is 2. The van der Waals surface area contributed by atoms with Gasteiger partial charge in [0.15, 0.2) is 0 Å². The number of halogens is 2. The van der Waals surface area contributed by atoms with Gasteiger partial charge >= 0.3 is 0 Å². The third kappa shape index (κ3) is 10.3. The molecule has 66 heavy (non-hydrogen) atoms. The molecule has 15 nitrogen and oxygen atoms in total. The molecule has 8 rings (SSSR count). The molecule has 0 bridgehead atoms. The number of rotatable bonds is 12. The molecule has 3 saturated heterocycles. The number of carbonyl (C=O) groups is 4. The highest BCUT2D eigenvalue weighted by molar-refractivity contribution is 7.13. The third-order valence-electron chi connectivity index (χ3n) is 13.2. The summed E-state index contributed by atoms with van der Waals surface area (Å²) in [5.74, 6) is -4.18. The number of aliphatic hydroxyl groups excluding tert-OH is 1. The van der Waals surface area contributed by atoms with Gasteiger partial charge in [0.25, 0.3) is 5.92 Å². The molecule has 348 valence electrons. The summed E-state index contributed by atoms with van der Waals surface area (Å²) in [5, 5.41) is 29.2. The maximum absolute atomic E-state index is 14.3. The van der Waals surface area contributed by atoms with Crippen LogP contribution in [0.3, 0.4) is 0 Å². The molecule has 1 saturated carbocycles. The fourth-order valence-corrected chi connectivity index (χ4v) is 10.1. The van der Waals surface area contributed by atoms with Crippen molar-refractivity contribution in [1.29, 1.82) is 5.26 Å². The molecule has 0 spiro atoms. The van der Waals surface area contributed by atoms with E-state index in [1.54, 1.807) is 38.8 Å². The monoisotopic (exact) mass is 922 g/mol. The molecule has 3 aromatic heterocycles. The number of aromatic nitrogens is 3. The summed E-state index contributed by atoms with van der Waals surface area (Å²) in [5.41, 5.74) is 5.18. The molecule has 3 aliphatic heterocycles. The van der Waals surface area contributed by atoms with Gasteiger partial charge in [0.05, 0.1) is 58.2 Å². The fraction of sp³-hybridized carbons (Fsp3) is 0.500. The number of nitriles is 1. The SMILES string of the molecule is Cc1ncsc1-c1ccc([C@H](C)NC(=O)[C@@H]2C[C@@H](O)CN2C(=O)[C@@H](NC(=O)[C@@H]2C[C@H]2C(=O)N2CCC(c3cc(Nc4cc(C#N)ccn4)nc(N4CCC(F)(F)C4)c3)CC2)C(C)(C)C)cc1. The minimum absolute atomic E-state index is 0.00150. The lowest BCUT2D eigenvalue weighted by molar-refractivity contribution is -0.144. The second kappa shape index (κ2) is 18.7. The van der Waals surface area contributed by atoms with Crippen LogP contribution in [0.4, 0.5) is 26.2 Å². The molecule has 4 N–H and O–H groups in total. The van der Waals surface area contributed by atoms with E-state index in [0.29, 0.717) is 55.4 Å². The molecular weight excluding hydrogens is 867 g/mol. The van der Waals surface area contributed by atoms with Gasteiger partial charge in [0.1, 0.15) is 29.5 Å². The number of β-amino-alcohol motifs (C(OH)–C–C–N with tert-alkyl or cyclic N) is 1. The van der Waals surface area contributed by atoms with E-state index in [1.807, 2.05) is 71.0 Å². The van der Waals surface area contributed by atoms with Crippen LogP contribution in [0.2, 0.25) is 0 Å². The van der Waals surface area contributed by atoms with E-state index in [0.717, 1.165) is 27.3 Å². The first-order valence-corrected chi connectivity index (χ1v) is 23.4. The van der Waals surface area contributed by atoms with Gasteiger partial charge in [-0.05, 0) is 85.4 Å². The number of pyridine rings is 2. The van der Waals surface area contributed by atoms with Gasteiger partial charge in [0.2, 0.25) is 23.6 Å². The minimum atomic E-state index is -2.82. The summed E-state index contributed by atoms with van der Waals surface area (Å²) < 4.78 is 28.6. The summed E-state index contributed by atoms with van der Waals surface area (Å²) in [6.07, 6.45) is 1.92. The molecular formula is C48H56F2N10O5S. The average molecular weight is 923 g/mol. The second-order valence-corrected chi connectivity index (χ2v) is 20.1. The standard InChI is InChI=1S/C48H56F2N10O5S/c1-27(30-6-8-32(9-7-30)41-28(2)53-26-66-41)54-44(63)37-21-34(61)24-60(37)46(65)42(47(3,4)5)57-43(62)35-22-36(35)45(64)58-15-11-31(12-16-58)33-19-39(55-38-18-29(23-51)10-14-52-38)56-40(20-33)59-17-13-48(49,50)25-59/h6-10,14,18-20,26-27,31,34-37,42,61H,11-13,15-17,21-22,24-25H2,1-5H3,(H,54,63)(H,57,62)(H,52,55,56)/t27-,34+,35+,36+,37-,42+/m0/s1. The molecule has 6 heterocycles. The first kappa shape index (κ1) is 46.5. The van der Waals surface area contributed by atoms with Crippen LogP contribution < -0.4 is 20.9 Å². The van der Waals surface area contributed by atoms with Crippen LogP contribution in [0, 0.1) is 35.5 Å². The number of thiazole rings is 1. The predicted molar refractivity (Wildman–Crippen MR) is 245 cm³/mol. The van der Waals surface area contributed by atoms with E-state index in [2.05, 4.69) is 37.0 Å². The molecule has 1 aliphatic carbocycles. The molecule has 4 fully saturated rings. The molecule has 0 radical (unpaired) electrons. The Morgan fingerprint density at radius 3 is 2.35 bits per heavy atom. The smallest absolute Gasteiger partial charge is 0.266 e. The number of nitrogens with one attached hydrogen (secondary N) is 3. The van der Waals surface area contributed by atoms with Gasteiger partial charge in [-0.1, -0.05) is 45.0 Å². The number of piperidine rings is 1. The molecule has 4 aliphatic rings. The van der Waals surface area contributed by atoms with Gasteiger partial charge in [-0.25, -0.2) is 23.7 Å². The highest BCUT2D eigenvalue weighted by Gasteiger charge is 2.52. The summed E-state index contributed by atoms with van der Waals surface area (Å²) in [4.78, 5) is 74.8. The average Bonchev–Trinajstić information content (AvgIpc) is 3.59. The quantitative estimate of drug-likeness (QED) is 0.129. The summed E-state index contributed by atoms with van der Waals surface area (Å²) >= 11 is 1.56. The number of amides is 4. The van der Waals surface area contributed by atoms with E-state index in [9.17, 15) is 38.3 Å². The van der Waals surface area contributed by atoms with Crippen molar-refractivity contribution in [3.8, 4) is 16.5 Å². The summed E-state index contributed by atoms with van der Waals surface area (Å²) in [6, 6.07) is 14.5. The van der Waals surface area contributed by atoms with Crippen molar-refractivity contribution < 1.29 is 33.1 Å². The zero-order valence-electron chi connectivity index (χ0n) is 37.8. The molecule has 6 atom stereocenters. The van der Waals surface area contributed by atoms with E-state index in [1.165, 1.54) is 11.1 Å². The van der Waals surface area contributed by atoms with Crippen molar-refractivity contribution in [2.75, 3.05) is 42.9 Å². The minimum Gasteiger partial charge on any atom is -0.391 e. The number of aryl methyl sites for hydroxylation is 1. The number of hydrogen-bond acceptors (Lipinski definition) is 12. The van der Waals surface area contributed by atoms with Crippen molar-refractivity contribution in [3.05, 3.63) is 82.6 Å². The number of benzene rings is 1. The van der Waals surface area contributed by atoms with Crippen LogP contribution in [0.15, 0.2) is 60.2 Å². The number of likely N-dealkylation sites (tertiary alicyclic amines) is 2. The van der Waals surface area contributed by atoms with Crippen LogP contribution >= 0.6 is 11.3 Å². The molecule has 4 aromatic rings. The topological polar surface area (TPSA) is 197 Å². The zero-order valence-corrected chi connectivity index (χ0v) is 38.6. The largest absolute Gasteiger partial charge is 0.391 e. The zero-order chi connectivity index (χ0) is 47.1. The van der Waals surface area contributed by atoms with Crippen LogP contribution in [0.25, 0.3) is 10.4 Å². The van der Waals surface area contributed by atoms with E-state index >= 15 is 0 Å². The predicted octanol–water partition coefficient (Wildman–Crippen LogP) is 6.08. The molecule has 4 amide bonds. The number of nitrogens with zero attached hydrogens (tertiary/aromatic N) is 7. The Labute approximate surface area is 387 Å². The third-order valence-corrected chi connectivity index (χ3v) is 14.2. The Hall–Kier alpha value is -6.06. The number of anilines is 3. The van der Waals surface area contributed by atoms with Crippen LogP contribution in [-0.4, -0.2) is 110 Å². The number of carbonyl (C=O) groups excluding carboxylic acids is 4. The number of aliphatic hydroxyl groups is 1. The van der Waals surface area contributed by atoms with Crippen molar-refractivity contribution in [2.45, 2.75) is 103 Å². The normalized spacial score (nSPS) is 22.6. The first-order valence-electron chi connectivity index (χ1n) is 22.5. The van der Waals surface area contributed by atoms with Gasteiger partial charge in [-0.15, -0.1) is 11.3 Å². The number of hydrogen-bond donors (Lipinski definition) is 4. The maximum Gasteiger partial charge on any atom is 0.266 e. The van der Waals surface area contributed by atoms with Crippen LogP contribution in [0.5, 0.6) is 0 Å².